The third kappa shape index (κ3) is 5.19. The average Bonchev–Trinajstić information content (AvgIpc) is 3.08. The summed E-state index contributed by atoms with van der Waals surface area (Å²) in [5, 5.41) is 16.2. The van der Waals surface area contributed by atoms with Gasteiger partial charge in [-0.2, -0.15) is 10.4 Å². The first-order chi connectivity index (χ1) is 14.5. The van der Waals surface area contributed by atoms with Crippen molar-refractivity contribution >= 4 is 11.7 Å². The molecule has 0 aliphatic heterocycles. The van der Waals surface area contributed by atoms with Gasteiger partial charge in [0.1, 0.15) is 17.3 Å². The Morgan fingerprint density at radius 2 is 2.10 bits per heavy atom. The number of nitrogens with one attached hydrogen (secondary N) is 1. The van der Waals surface area contributed by atoms with E-state index in [2.05, 4.69) is 23.1 Å². The molecule has 0 aliphatic carbocycles. The largest absolute Gasteiger partial charge is 0.309 e. The van der Waals surface area contributed by atoms with Crippen molar-refractivity contribution < 1.29 is 9.18 Å². The van der Waals surface area contributed by atoms with Crippen LogP contribution in [0, 0.1) is 24.1 Å². The summed E-state index contributed by atoms with van der Waals surface area (Å²) in [6.07, 6.45) is 1.72. The Morgan fingerprint density at radius 1 is 1.30 bits per heavy atom. The van der Waals surface area contributed by atoms with E-state index in [1.807, 2.05) is 17.0 Å². The summed E-state index contributed by atoms with van der Waals surface area (Å²) in [6.45, 7) is 6.61. The zero-order valence-electron chi connectivity index (χ0n) is 16.7. The van der Waals surface area contributed by atoms with E-state index in [0.717, 1.165) is 5.56 Å². The molecule has 0 saturated carbocycles. The van der Waals surface area contributed by atoms with Gasteiger partial charge in [-0.1, -0.05) is 30.3 Å². The molecule has 0 bridgehead atoms. The van der Waals surface area contributed by atoms with Gasteiger partial charge in [0, 0.05) is 19.2 Å². The van der Waals surface area contributed by atoms with Crippen molar-refractivity contribution in [3.05, 3.63) is 89.9 Å². The summed E-state index contributed by atoms with van der Waals surface area (Å²) in [5.74, 6) is -0.292. The number of para-hydroxylation sites is 1. The molecule has 0 saturated heterocycles. The number of aryl methyl sites for hydroxylation is 1. The summed E-state index contributed by atoms with van der Waals surface area (Å²) in [4.78, 5) is 14.6. The molecule has 0 atom stereocenters. The fraction of sp³-hybridized carbons (Fsp3) is 0.174. The lowest BCUT2D eigenvalue weighted by Gasteiger charge is -2.20. The summed E-state index contributed by atoms with van der Waals surface area (Å²) < 4.78 is 15.6. The van der Waals surface area contributed by atoms with E-state index in [0.29, 0.717) is 30.2 Å². The number of nitrogens with zero attached hydrogens (tertiary/aromatic N) is 4. The third-order valence-corrected chi connectivity index (χ3v) is 4.40. The van der Waals surface area contributed by atoms with Crippen molar-refractivity contribution in [1.82, 2.24) is 14.7 Å². The van der Waals surface area contributed by atoms with Crippen LogP contribution >= 0.6 is 0 Å². The van der Waals surface area contributed by atoms with Crippen LogP contribution in [0.2, 0.25) is 0 Å². The van der Waals surface area contributed by atoms with E-state index < -0.39 is 5.82 Å². The summed E-state index contributed by atoms with van der Waals surface area (Å²) in [5.41, 5.74) is 2.41. The fourth-order valence-corrected chi connectivity index (χ4v) is 3.15. The van der Waals surface area contributed by atoms with Crippen molar-refractivity contribution in [3.8, 4) is 11.8 Å². The van der Waals surface area contributed by atoms with E-state index in [9.17, 15) is 9.18 Å². The second kappa shape index (κ2) is 9.63. The molecule has 1 amide bonds. The molecule has 0 aliphatic rings. The lowest BCUT2D eigenvalue weighted by molar-refractivity contribution is -0.117. The van der Waals surface area contributed by atoms with Gasteiger partial charge in [0.05, 0.1) is 23.9 Å². The van der Waals surface area contributed by atoms with Crippen molar-refractivity contribution in [2.75, 3.05) is 18.4 Å². The number of carbonyl (C=O) groups excluding carboxylic acids is 1. The summed E-state index contributed by atoms with van der Waals surface area (Å²) in [7, 11) is 0. The molecule has 1 heterocycles. The zero-order chi connectivity index (χ0) is 21.5. The van der Waals surface area contributed by atoms with Gasteiger partial charge >= 0.3 is 0 Å². The van der Waals surface area contributed by atoms with Crippen LogP contribution < -0.4 is 5.32 Å². The molecular formula is C23H22FN5O. The van der Waals surface area contributed by atoms with Crippen LogP contribution in [0.1, 0.15) is 16.8 Å². The topological polar surface area (TPSA) is 74.0 Å². The van der Waals surface area contributed by atoms with Gasteiger partial charge in [0.15, 0.2) is 0 Å². The molecule has 3 rings (SSSR count). The van der Waals surface area contributed by atoms with Crippen LogP contribution in [0.4, 0.5) is 10.2 Å². The normalized spacial score (nSPS) is 10.6. The van der Waals surface area contributed by atoms with Gasteiger partial charge in [-0.3, -0.25) is 9.69 Å². The van der Waals surface area contributed by atoms with Gasteiger partial charge in [-0.05, 0) is 36.8 Å². The lowest BCUT2D eigenvalue weighted by Crippen LogP contribution is -2.33. The molecule has 1 N–H and O–H groups in total. The third-order valence-electron chi connectivity index (χ3n) is 4.40. The number of rotatable bonds is 8. The lowest BCUT2D eigenvalue weighted by atomic mass is 10.1. The first kappa shape index (κ1) is 21.0. The SMILES string of the molecule is C=CCN(CC(=O)Nc1cc(C)nn1-c1ccccc1F)Cc1cccc(C#N)c1. The predicted octanol–water partition coefficient (Wildman–Crippen LogP) is 3.82. The Bertz CT molecular complexity index is 1100. The number of hydrogen-bond donors (Lipinski definition) is 1. The smallest absolute Gasteiger partial charge is 0.239 e. The van der Waals surface area contributed by atoms with Gasteiger partial charge < -0.3 is 5.32 Å². The maximum Gasteiger partial charge on any atom is 0.239 e. The van der Waals surface area contributed by atoms with Gasteiger partial charge in [-0.15, -0.1) is 6.58 Å². The van der Waals surface area contributed by atoms with Gasteiger partial charge in [0.25, 0.3) is 0 Å². The second-order valence-electron chi connectivity index (χ2n) is 6.85. The molecule has 3 aromatic rings. The average molecular weight is 403 g/mol. The van der Waals surface area contributed by atoms with E-state index in [1.165, 1.54) is 10.7 Å². The second-order valence-corrected chi connectivity index (χ2v) is 6.85. The highest BCUT2D eigenvalue weighted by molar-refractivity contribution is 5.91. The number of carbonyl (C=O) groups is 1. The number of benzene rings is 2. The summed E-state index contributed by atoms with van der Waals surface area (Å²) >= 11 is 0. The predicted molar refractivity (Wildman–Crippen MR) is 114 cm³/mol. The van der Waals surface area contributed by atoms with Crippen molar-refractivity contribution in [1.29, 1.82) is 5.26 Å². The molecule has 0 unspecified atom stereocenters. The Kier molecular flexibility index (Phi) is 6.73. The molecule has 2 aromatic carbocycles. The highest BCUT2D eigenvalue weighted by Crippen LogP contribution is 2.19. The van der Waals surface area contributed by atoms with Crippen molar-refractivity contribution in [2.24, 2.45) is 0 Å². The van der Waals surface area contributed by atoms with E-state index in [-0.39, 0.29) is 18.1 Å². The molecule has 7 heteroatoms. The van der Waals surface area contributed by atoms with Gasteiger partial charge in [-0.25, -0.2) is 9.07 Å². The van der Waals surface area contributed by atoms with E-state index in [4.69, 9.17) is 5.26 Å². The van der Waals surface area contributed by atoms with Crippen molar-refractivity contribution in [3.63, 3.8) is 0 Å². The van der Waals surface area contributed by atoms with Crippen LogP contribution in [0.5, 0.6) is 0 Å². The van der Waals surface area contributed by atoms with E-state index >= 15 is 0 Å². The highest BCUT2D eigenvalue weighted by atomic mass is 19.1. The monoisotopic (exact) mass is 403 g/mol. The highest BCUT2D eigenvalue weighted by Gasteiger charge is 2.16. The van der Waals surface area contributed by atoms with Crippen LogP contribution in [0.25, 0.3) is 5.69 Å². The number of hydrogen-bond acceptors (Lipinski definition) is 4. The molecule has 152 valence electrons. The molecule has 0 radical (unpaired) electrons. The minimum Gasteiger partial charge on any atom is -0.309 e. The Morgan fingerprint density at radius 3 is 2.83 bits per heavy atom. The Balaban J connectivity index is 1.74. The first-order valence-corrected chi connectivity index (χ1v) is 9.44. The van der Waals surface area contributed by atoms with Crippen LogP contribution in [0.3, 0.4) is 0 Å². The number of aromatic nitrogens is 2. The summed E-state index contributed by atoms with van der Waals surface area (Å²) in [6, 6.07) is 17.3. The molecule has 0 spiro atoms. The number of halogens is 1. The van der Waals surface area contributed by atoms with Gasteiger partial charge in [0.2, 0.25) is 5.91 Å². The van der Waals surface area contributed by atoms with E-state index in [1.54, 1.807) is 49.4 Å². The Hall–Kier alpha value is -3.76. The minimum absolute atomic E-state index is 0.101. The Labute approximate surface area is 174 Å². The zero-order valence-corrected chi connectivity index (χ0v) is 16.7. The molecule has 6 nitrogen and oxygen atoms in total. The first-order valence-electron chi connectivity index (χ1n) is 9.44. The van der Waals surface area contributed by atoms with Crippen LogP contribution in [0.15, 0.2) is 67.3 Å². The number of nitriles is 1. The van der Waals surface area contributed by atoms with Crippen LogP contribution in [-0.4, -0.2) is 33.7 Å². The molecule has 30 heavy (non-hydrogen) atoms. The maximum atomic E-state index is 14.2. The maximum absolute atomic E-state index is 14.2. The molecule has 0 fully saturated rings. The quantitative estimate of drug-likeness (QED) is 0.581. The molecular weight excluding hydrogens is 381 g/mol. The molecule has 1 aromatic heterocycles. The standard InChI is InChI=1S/C23H22FN5O/c1-3-11-28(15-19-8-6-7-18(13-19)14-25)16-23(30)26-22-12-17(2)27-29(22)21-10-5-4-9-20(21)24/h3-10,12-13H,1,11,15-16H2,2H3,(H,26,30). The number of amides is 1. The fourth-order valence-electron chi connectivity index (χ4n) is 3.15. The minimum atomic E-state index is -0.429. The van der Waals surface area contributed by atoms with Crippen molar-refractivity contribution in [2.45, 2.75) is 13.5 Å². The number of anilines is 1. The van der Waals surface area contributed by atoms with Crippen LogP contribution in [-0.2, 0) is 11.3 Å².